The van der Waals surface area contributed by atoms with Crippen molar-refractivity contribution in [3.05, 3.63) is 23.9 Å². The molecule has 5 heteroatoms. The standard InChI is InChI=1S/C10H12N2O2S/c13-6-7-2-1-3-11-10(7)12-5-8(15)4-9(12)14/h1-3,8,13,15H,4-6H2. The van der Waals surface area contributed by atoms with Crippen molar-refractivity contribution in [2.45, 2.75) is 18.3 Å². The van der Waals surface area contributed by atoms with E-state index in [1.807, 2.05) is 0 Å². The van der Waals surface area contributed by atoms with Crippen molar-refractivity contribution in [2.75, 3.05) is 11.4 Å². The van der Waals surface area contributed by atoms with Gasteiger partial charge in [-0.1, -0.05) is 6.07 Å². The molecule has 1 N–H and O–H groups in total. The molecule has 1 unspecified atom stereocenters. The number of amides is 1. The molecular formula is C10H12N2O2S. The third kappa shape index (κ3) is 1.98. The monoisotopic (exact) mass is 224 g/mol. The molecule has 0 aliphatic carbocycles. The first kappa shape index (κ1) is 10.4. The number of pyridine rings is 1. The fourth-order valence-corrected chi connectivity index (χ4v) is 2.01. The van der Waals surface area contributed by atoms with Crippen LogP contribution in [0.1, 0.15) is 12.0 Å². The van der Waals surface area contributed by atoms with Gasteiger partial charge in [0.05, 0.1) is 6.61 Å². The molecule has 0 aromatic carbocycles. The van der Waals surface area contributed by atoms with Gasteiger partial charge in [-0.3, -0.25) is 9.69 Å². The van der Waals surface area contributed by atoms with E-state index in [0.717, 1.165) is 0 Å². The van der Waals surface area contributed by atoms with Gasteiger partial charge in [0.1, 0.15) is 5.82 Å². The summed E-state index contributed by atoms with van der Waals surface area (Å²) in [6, 6.07) is 3.51. The molecule has 1 aliphatic heterocycles. The number of carbonyl (C=O) groups excluding carboxylic acids is 1. The lowest BCUT2D eigenvalue weighted by Gasteiger charge is -2.17. The van der Waals surface area contributed by atoms with E-state index in [4.69, 9.17) is 5.11 Å². The second-order valence-corrected chi connectivity index (χ2v) is 4.24. The number of aliphatic hydroxyl groups is 1. The Labute approximate surface area is 93.3 Å². The van der Waals surface area contributed by atoms with Gasteiger partial charge in [0, 0.05) is 30.0 Å². The van der Waals surface area contributed by atoms with Crippen molar-refractivity contribution in [1.29, 1.82) is 0 Å². The number of anilines is 1. The van der Waals surface area contributed by atoms with Crippen LogP contribution in [0.3, 0.4) is 0 Å². The summed E-state index contributed by atoms with van der Waals surface area (Å²) in [7, 11) is 0. The van der Waals surface area contributed by atoms with Crippen LogP contribution in [0.5, 0.6) is 0 Å². The summed E-state index contributed by atoms with van der Waals surface area (Å²) in [5.41, 5.74) is 0.674. The molecule has 1 aromatic rings. The normalized spacial score (nSPS) is 21.1. The molecular weight excluding hydrogens is 212 g/mol. The Hall–Kier alpha value is -1.07. The van der Waals surface area contributed by atoms with E-state index in [9.17, 15) is 4.79 Å². The van der Waals surface area contributed by atoms with E-state index in [1.54, 1.807) is 23.2 Å². The minimum absolute atomic E-state index is 0.0170. The lowest BCUT2D eigenvalue weighted by Crippen LogP contribution is -2.26. The van der Waals surface area contributed by atoms with E-state index in [2.05, 4.69) is 17.6 Å². The average molecular weight is 224 g/mol. The maximum atomic E-state index is 11.6. The number of hydrogen-bond donors (Lipinski definition) is 2. The van der Waals surface area contributed by atoms with Gasteiger partial charge in [-0.2, -0.15) is 12.6 Å². The summed E-state index contributed by atoms with van der Waals surface area (Å²) in [5, 5.41) is 9.20. The topological polar surface area (TPSA) is 53.4 Å². The minimum Gasteiger partial charge on any atom is -0.392 e. The van der Waals surface area contributed by atoms with Gasteiger partial charge in [-0.05, 0) is 6.07 Å². The third-order valence-corrected chi connectivity index (χ3v) is 2.74. The van der Waals surface area contributed by atoms with Gasteiger partial charge >= 0.3 is 0 Å². The first-order chi connectivity index (χ1) is 7.22. The molecule has 2 heterocycles. The summed E-state index contributed by atoms with van der Waals surface area (Å²) in [6.07, 6.45) is 2.05. The van der Waals surface area contributed by atoms with E-state index in [-0.39, 0.29) is 17.8 Å². The summed E-state index contributed by atoms with van der Waals surface area (Å²) in [6.45, 7) is 0.455. The second-order valence-electron chi connectivity index (χ2n) is 3.51. The number of nitrogens with zero attached hydrogens (tertiary/aromatic N) is 2. The maximum absolute atomic E-state index is 11.6. The zero-order valence-corrected chi connectivity index (χ0v) is 9.02. The van der Waals surface area contributed by atoms with Gasteiger partial charge in [-0.25, -0.2) is 4.98 Å². The Morgan fingerprint density at radius 2 is 2.47 bits per heavy atom. The van der Waals surface area contributed by atoms with Crippen molar-refractivity contribution in [3.8, 4) is 0 Å². The molecule has 0 spiro atoms. The van der Waals surface area contributed by atoms with Crippen LogP contribution in [0.15, 0.2) is 18.3 Å². The molecule has 0 bridgehead atoms. The van der Waals surface area contributed by atoms with Crippen LogP contribution < -0.4 is 4.90 Å². The zero-order valence-electron chi connectivity index (χ0n) is 8.13. The van der Waals surface area contributed by atoms with Crippen LogP contribution in [0.4, 0.5) is 5.82 Å². The predicted molar refractivity (Wildman–Crippen MR) is 59.9 cm³/mol. The molecule has 1 atom stereocenters. The Bertz CT molecular complexity index is 383. The summed E-state index contributed by atoms with van der Waals surface area (Å²) < 4.78 is 0. The van der Waals surface area contributed by atoms with E-state index < -0.39 is 0 Å². The molecule has 15 heavy (non-hydrogen) atoms. The Balaban J connectivity index is 2.33. The number of aromatic nitrogens is 1. The first-order valence-electron chi connectivity index (χ1n) is 4.75. The predicted octanol–water partition coefficient (Wildman–Crippen LogP) is 0.609. The van der Waals surface area contributed by atoms with Crippen LogP contribution >= 0.6 is 12.6 Å². The van der Waals surface area contributed by atoms with Crippen molar-refractivity contribution in [2.24, 2.45) is 0 Å². The molecule has 80 valence electrons. The molecule has 2 rings (SSSR count). The number of hydrogen-bond acceptors (Lipinski definition) is 4. The van der Waals surface area contributed by atoms with Gasteiger partial charge in [0.15, 0.2) is 0 Å². The van der Waals surface area contributed by atoms with E-state index in [0.29, 0.717) is 24.3 Å². The van der Waals surface area contributed by atoms with Gasteiger partial charge in [-0.15, -0.1) is 0 Å². The molecule has 0 saturated carbocycles. The van der Waals surface area contributed by atoms with E-state index in [1.165, 1.54) is 0 Å². The highest BCUT2D eigenvalue weighted by Gasteiger charge is 2.30. The van der Waals surface area contributed by atoms with Gasteiger partial charge in [0.2, 0.25) is 5.91 Å². The highest BCUT2D eigenvalue weighted by Crippen LogP contribution is 2.24. The van der Waals surface area contributed by atoms with Crippen LogP contribution in [0, 0.1) is 0 Å². The van der Waals surface area contributed by atoms with Gasteiger partial charge < -0.3 is 5.11 Å². The SMILES string of the molecule is O=C1CC(S)CN1c1ncccc1CO. The van der Waals surface area contributed by atoms with Crippen molar-refractivity contribution >= 4 is 24.4 Å². The molecule has 1 aliphatic rings. The molecule has 1 saturated heterocycles. The number of aliphatic hydroxyl groups excluding tert-OH is 1. The molecule has 1 fully saturated rings. The molecule has 0 radical (unpaired) electrons. The molecule has 1 aromatic heterocycles. The second kappa shape index (κ2) is 4.20. The first-order valence-corrected chi connectivity index (χ1v) is 5.27. The average Bonchev–Trinajstić information content (AvgIpc) is 2.57. The molecule has 4 nitrogen and oxygen atoms in total. The highest BCUT2D eigenvalue weighted by atomic mass is 32.1. The highest BCUT2D eigenvalue weighted by molar-refractivity contribution is 7.81. The molecule has 1 amide bonds. The van der Waals surface area contributed by atoms with Crippen LogP contribution in [-0.2, 0) is 11.4 Å². The maximum Gasteiger partial charge on any atom is 0.229 e. The van der Waals surface area contributed by atoms with Crippen molar-refractivity contribution in [1.82, 2.24) is 4.98 Å². The van der Waals surface area contributed by atoms with Crippen molar-refractivity contribution in [3.63, 3.8) is 0 Å². The van der Waals surface area contributed by atoms with Crippen LogP contribution in [0.2, 0.25) is 0 Å². The third-order valence-electron chi connectivity index (χ3n) is 2.40. The number of rotatable bonds is 2. The summed E-state index contributed by atoms with van der Waals surface area (Å²) in [5.74, 6) is 0.574. The lowest BCUT2D eigenvalue weighted by molar-refractivity contribution is -0.117. The quantitative estimate of drug-likeness (QED) is 0.724. The smallest absolute Gasteiger partial charge is 0.229 e. The fourth-order valence-electron chi connectivity index (χ4n) is 1.69. The van der Waals surface area contributed by atoms with Crippen LogP contribution in [-0.4, -0.2) is 27.8 Å². The number of thiol groups is 1. The van der Waals surface area contributed by atoms with Gasteiger partial charge in [0.25, 0.3) is 0 Å². The van der Waals surface area contributed by atoms with E-state index >= 15 is 0 Å². The van der Waals surface area contributed by atoms with Crippen molar-refractivity contribution < 1.29 is 9.90 Å². The minimum atomic E-state index is -0.107. The largest absolute Gasteiger partial charge is 0.392 e. The van der Waals surface area contributed by atoms with Crippen LogP contribution in [0.25, 0.3) is 0 Å². The lowest BCUT2D eigenvalue weighted by atomic mass is 10.2. The Morgan fingerprint density at radius 3 is 3.07 bits per heavy atom. The summed E-state index contributed by atoms with van der Waals surface area (Å²) >= 11 is 4.27. The zero-order chi connectivity index (χ0) is 10.8. The Kier molecular flexibility index (Phi) is 2.93. The Morgan fingerprint density at radius 1 is 1.67 bits per heavy atom. The fraction of sp³-hybridized carbons (Fsp3) is 0.400. The summed E-state index contributed by atoms with van der Waals surface area (Å²) in [4.78, 5) is 17.3. The number of carbonyl (C=O) groups is 1.